The van der Waals surface area contributed by atoms with Crippen LogP contribution in [0, 0.1) is 6.92 Å². The SMILES string of the molecule is Cc1cccc(Cc2nc(-c3ccccc3N)cs2)c1. The molecule has 0 bridgehead atoms. The monoisotopic (exact) mass is 280 g/mol. The lowest BCUT2D eigenvalue weighted by Gasteiger charge is -2.01. The van der Waals surface area contributed by atoms with Gasteiger partial charge in [0.05, 0.1) is 10.7 Å². The maximum Gasteiger partial charge on any atom is 0.0976 e. The molecule has 0 spiro atoms. The highest BCUT2D eigenvalue weighted by Crippen LogP contribution is 2.27. The summed E-state index contributed by atoms with van der Waals surface area (Å²) in [4.78, 5) is 4.70. The Morgan fingerprint density at radius 1 is 1.10 bits per heavy atom. The van der Waals surface area contributed by atoms with Gasteiger partial charge >= 0.3 is 0 Å². The fourth-order valence-electron chi connectivity index (χ4n) is 2.24. The van der Waals surface area contributed by atoms with Crippen LogP contribution in [0.3, 0.4) is 0 Å². The zero-order chi connectivity index (χ0) is 13.9. The number of anilines is 1. The lowest BCUT2D eigenvalue weighted by atomic mass is 10.1. The zero-order valence-corrected chi connectivity index (χ0v) is 12.2. The van der Waals surface area contributed by atoms with E-state index in [0.717, 1.165) is 28.4 Å². The summed E-state index contributed by atoms with van der Waals surface area (Å²) in [5.74, 6) is 0. The molecular formula is C17H16N2S. The molecule has 2 nitrogen and oxygen atoms in total. The van der Waals surface area contributed by atoms with E-state index in [2.05, 4.69) is 36.6 Å². The molecule has 0 unspecified atom stereocenters. The van der Waals surface area contributed by atoms with Crippen molar-refractivity contribution in [2.24, 2.45) is 0 Å². The van der Waals surface area contributed by atoms with Crippen LogP contribution < -0.4 is 5.73 Å². The molecule has 0 aliphatic carbocycles. The van der Waals surface area contributed by atoms with E-state index >= 15 is 0 Å². The van der Waals surface area contributed by atoms with Crippen LogP contribution in [-0.2, 0) is 6.42 Å². The Hall–Kier alpha value is -2.13. The summed E-state index contributed by atoms with van der Waals surface area (Å²) >= 11 is 1.69. The Balaban J connectivity index is 1.86. The number of nitrogens with zero attached hydrogens (tertiary/aromatic N) is 1. The van der Waals surface area contributed by atoms with Crippen molar-refractivity contribution < 1.29 is 0 Å². The fraction of sp³-hybridized carbons (Fsp3) is 0.118. The minimum atomic E-state index is 0.778. The zero-order valence-electron chi connectivity index (χ0n) is 11.3. The summed E-state index contributed by atoms with van der Waals surface area (Å²) < 4.78 is 0. The molecule has 0 radical (unpaired) electrons. The number of aryl methyl sites for hydroxylation is 1. The van der Waals surface area contributed by atoms with Crippen LogP contribution in [0.15, 0.2) is 53.9 Å². The van der Waals surface area contributed by atoms with Gasteiger partial charge in [-0.2, -0.15) is 0 Å². The van der Waals surface area contributed by atoms with Crippen LogP contribution >= 0.6 is 11.3 Å². The van der Waals surface area contributed by atoms with E-state index in [0.29, 0.717) is 0 Å². The Kier molecular flexibility index (Phi) is 3.52. The van der Waals surface area contributed by atoms with Crippen LogP contribution in [0.5, 0.6) is 0 Å². The van der Waals surface area contributed by atoms with Gasteiger partial charge in [-0.3, -0.25) is 0 Å². The first-order chi connectivity index (χ1) is 9.72. The maximum absolute atomic E-state index is 6.00. The molecule has 2 aromatic carbocycles. The summed E-state index contributed by atoms with van der Waals surface area (Å²) in [6.45, 7) is 2.11. The Morgan fingerprint density at radius 3 is 2.75 bits per heavy atom. The third-order valence-corrected chi connectivity index (χ3v) is 4.08. The molecule has 0 atom stereocenters. The largest absolute Gasteiger partial charge is 0.398 e. The molecule has 0 amide bonds. The van der Waals surface area contributed by atoms with E-state index in [1.165, 1.54) is 11.1 Å². The molecule has 1 aromatic heterocycles. The van der Waals surface area contributed by atoms with Gasteiger partial charge in [-0.25, -0.2) is 4.98 Å². The van der Waals surface area contributed by atoms with Gasteiger partial charge < -0.3 is 5.73 Å². The van der Waals surface area contributed by atoms with E-state index in [9.17, 15) is 0 Å². The first-order valence-electron chi connectivity index (χ1n) is 6.57. The van der Waals surface area contributed by atoms with Crippen molar-refractivity contribution in [3.63, 3.8) is 0 Å². The molecule has 1 heterocycles. The topological polar surface area (TPSA) is 38.9 Å². The summed E-state index contributed by atoms with van der Waals surface area (Å²) in [6.07, 6.45) is 0.874. The minimum Gasteiger partial charge on any atom is -0.398 e. The Morgan fingerprint density at radius 2 is 1.95 bits per heavy atom. The number of nitrogens with two attached hydrogens (primary N) is 1. The molecule has 0 aliphatic rings. The second-order valence-electron chi connectivity index (χ2n) is 4.88. The van der Waals surface area contributed by atoms with Gasteiger partial charge in [-0.05, 0) is 18.6 Å². The van der Waals surface area contributed by atoms with E-state index < -0.39 is 0 Å². The average Bonchev–Trinajstić information content (AvgIpc) is 2.87. The summed E-state index contributed by atoms with van der Waals surface area (Å²) in [6, 6.07) is 16.4. The molecule has 100 valence electrons. The molecule has 20 heavy (non-hydrogen) atoms. The van der Waals surface area contributed by atoms with Crippen molar-refractivity contribution >= 4 is 17.0 Å². The number of hydrogen-bond acceptors (Lipinski definition) is 3. The van der Waals surface area contributed by atoms with Gasteiger partial charge in [-0.15, -0.1) is 11.3 Å². The highest BCUT2D eigenvalue weighted by molar-refractivity contribution is 7.10. The first-order valence-corrected chi connectivity index (χ1v) is 7.45. The van der Waals surface area contributed by atoms with Gasteiger partial charge in [0.2, 0.25) is 0 Å². The van der Waals surface area contributed by atoms with Crippen molar-refractivity contribution in [3.8, 4) is 11.3 Å². The highest BCUT2D eigenvalue weighted by atomic mass is 32.1. The molecule has 2 N–H and O–H groups in total. The molecule has 0 saturated carbocycles. The standard InChI is InChI=1S/C17H16N2S/c1-12-5-4-6-13(9-12)10-17-19-16(11-20-17)14-7-2-3-8-15(14)18/h2-9,11H,10,18H2,1H3. The van der Waals surface area contributed by atoms with Crippen molar-refractivity contribution in [3.05, 3.63) is 70.0 Å². The van der Waals surface area contributed by atoms with E-state index in [1.807, 2.05) is 24.3 Å². The van der Waals surface area contributed by atoms with Gasteiger partial charge in [0.1, 0.15) is 0 Å². The lowest BCUT2D eigenvalue weighted by molar-refractivity contribution is 1.13. The smallest absolute Gasteiger partial charge is 0.0976 e. The third kappa shape index (κ3) is 2.73. The quantitative estimate of drug-likeness (QED) is 0.727. The predicted molar refractivity (Wildman–Crippen MR) is 85.9 cm³/mol. The van der Waals surface area contributed by atoms with Crippen molar-refractivity contribution in [2.75, 3.05) is 5.73 Å². The van der Waals surface area contributed by atoms with Crippen molar-refractivity contribution in [2.45, 2.75) is 13.3 Å². The Labute approximate surface area is 122 Å². The van der Waals surface area contributed by atoms with Gasteiger partial charge in [0.25, 0.3) is 0 Å². The molecule has 0 aliphatic heterocycles. The maximum atomic E-state index is 6.00. The number of rotatable bonds is 3. The van der Waals surface area contributed by atoms with Gasteiger partial charge in [-0.1, -0.05) is 48.0 Å². The Bertz CT molecular complexity index is 731. The summed E-state index contributed by atoms with van der Waals surface area (Å²) in [7, 11) is 0. The predicted octanol–water partition coefficient (Wildman–Crippen LogP) is 4.29. The number of thiazole rings is 1. The molecular weight excluding hydrogens is 264 g/mol. The second kappa shape index (κ2) is 5.47. The van der Waals surface area contributed by atoms with Gasteiger partial charge in [0, 0.05) is 23.1 Å². The number of para-hydroxylation sites is 1. The molecule has 3 rings (SSSR count). The van der Waals surface area contributed by atoms with Crippen LogP contribution in [-0.4, -0.2) is 4.98 Å². The lowest BCUT2D eigenvalue weighted by Crippen LogP contribution is -1.91. The number of benzene rings is 2. The van der Waals surface area contributed by atoms with Crippen LogP contribution in [0.2, 0.25) is 0 Å². The molecule has 3 heteroatoms. The second-order valence-corrected chi connectivity index (χ2v) is 5.82. The van der Waals surface area contributed by atoms with E-state index in [-0.39, 0.29) is 0 Å². The molecule has 0 saturated heterocycles. The average molecular weight is 280 g/mol. The molecule has 0 fully saturated rings. The van der Waals surface area contributed by atoms with E-state index in [1.54, 1.807) is 11.3 Å². The number of hydrogen-bond donors (Lipinski definition) is 1. The summed E-state index contributed by atoms with van der Waals surface area (Å²) in [5, 5.41) is 3.20. The number of aromatic nitrogens is 1. The minimum absolute atomic E-state index is 0.778. The van der Waals surface area contributed by atoms with Crippen LogP contribution in [0.1, 0.15) is 16.1 Å². The summed E-state index contributed by atoms with van der Waals surface area (Å²) in [5.41, 5.74) is 11.3. The fourth-order valence-corrected chi connectivity index (χ4v) is 3.07. The highest BCUT2D eigenvalue weighted by Gasteiger charge is 2.07. The normalized spacial score (nSPS) is 10.7. The van der Waals surface area contributed by atoms with Crippen molar-refractivity contribution in [1.29, 1.82) is 0 Å². The molecule has 3 aromatic rings. The van der Waals surface area contributed by atoms with E-state index in [4.69, 9.17) is 10.7 Å². The first kappa shape index (κ1) is 12.9. The van der Waals surface area contributed by atoms with Crippen molar-refractivity contribution in [1.82, 2.24) is 4.98 Å². The number of nitrogen functional groups attached to an aromatic ring is 1. The van der Waals surface area contributed by atoms with Gasteiger partial charge in [0.15, 0.2) is 0 Å². The third-order valence-electron chi connectivity index (χ3n) is 3.23. The van der Waals surface area contributed by atoms with Crippen LogP contribution in [0.4, 0.5) is 5.69 Å². The van der Waals surface area contributed by atoms with Crippen LogP contribution in [0.25, 0.3) is 11.3 Å².